The lowest BCUT2D eigenvalue weighted by Gasteiger charge is -2.24. The SMILES string of the molecule is CCc1ccc(CN(C)C(C)C(=O)Nc2cc([N+](=O)[O-])ccc2OC)cc1. The Morgan fingerprint density at radius 2 is 1.85 bits per heavy atom. The largest absolute Gasteiger partial charge is 0.495 e. The summed E-state index contributed by atoms with van der Waals surface area (Å²) in [5.74, 6) is 0.112. The van der Waals surface area contributed by atoms with Crippen LogP contribution >= 0.6 is 0 Å². The molecule has 1 N–H and O–H groups in total. The van der Waals surface area contributed by atoms with Crippen LogP contribution in [0.3, 0.4) is 0 Å². The van der Waals surface area contributed by atoms with E-state index in [1.54, 1.807) is 6.92 Å². The predicted octanol–water partition coefficient (Wildman–Crippen LogP) is 3.62. The number of nitrogens with zero attached hydrogens (tertiary/aromatic N) is 2. The number of carbonyl (C=O) groups is 1. The Balaban J connectivity index is 2.07. The van der Waals surface area contributed by atoms with Gasteiger partial charge in [0.25, 0.3) is 5.69 Å². The first-order valence-corrected chi connectivity index (χ1v) is 8.77. The lowest BCUT2D eigenvalue weighted by Crippen LogP contribution is -2.39. The molecule has 1 unspecified atom stereocenters. The Morgan fingerprint density at radius 1 is 1.22 bits per heavy atom. The Morgan fingerprint density at radius 3 is 2.41 bits per heavy atom. The number of nitro groups is 1. The van der Waals surface area contributed by atoms with Crippen LogP contribution in [0.5, 0.6) is 5.75 Å². The summed E-state index contributed by atoms with van der Waals surface area (Å²) in [7, 11) is 3.31. The van der Waals surface area contributed by atoms with E-state index >= 15 is 0 Å². The minimum atomic E-state index is -0.509. The van der Waals surface area contributed by atoms with E-state index in [1.807, 2.05) is 11.9 Å². The number of hydrogen-bond donors (Lipinski definition) is 1. The van der Waals surface area contributed by atoms with Gasteiger partial charge in [-0.05, 0) is 37.6 Å². The summed E-state index contributed by atoms with van der Waals surface area (Å²) in [6.07, 6.45) is 0.986. The van der Waals surface area contributed by atoms with Gasteiger partial charge in [0, 0.05) is 18.7 Å². The molecule has 1 amide bonds. The van der Waals surface area contributed by atoms with E-state index in [1.165, 1.54) is 30.9 Å². The highest BCUT2D eigenvalue weighted by molar-refractivity contribution is 5.96. The highest BCUT2D eigenvalue weighted by atomic mass is 16.6. The molecule has 144 valence electrons. The van der Waals surface area contributed by atoms with Crippen LogP contribution in [0.25, 0.3) is 0 Å². The molecule has 0 spiro atoms. The van der Waals surface area contributed by atoms with Crippen molar-refractivity contribution in [1.82, 2.24) is 4.90 Å². The molecule has 0 saturated heterocycles. The molecule has 0 aromatic heterocycles. The number of anilines is 1. The average molecular weight is 371 g/mol. The van der Waals surface area contributed by atoms with Crippen molar-refractivity contribution in [3.63, 3.8) is 0 Å². The number of amides is 1. The van der Waals surface area contributed by atoms with Gasteiger partial charge in [-0.15, -0.1) is 0 Å². The van der Waals surface area contributed by atoms with Crippen molar-refractivity contribution in [1.29, 1.82) is 0 Å². The molecule has 0 heterocycles. The van der Waals surface area contributed by atoms with Crippen molar-refractivity contribution in [2.24, 2.45) is 0 Å². The van der Waals surface area contributed by atoms with Gasteiger partial charge in [-0.1, -0.05) is 31.2 Å². The topological polar surface area (TPSA) is 84.7 Å². The summed E-state index contributed by atoms with van der Waals surface area (Å²) in [5, 5.41) is 13.7. The van der Waals surface area contributed by atoms with Gasteiger partial charge < -0.3 is 10.1 Å². The number of hydrogen-bond acceptors (Lipinski definition) is 5. The van der Waals surface area contributed by atoms with Crippen LogP contribution in [0.2, 0.25) is 0 Å². The number of benzene rings is 2. The molecule has 0 aliphatic heterocycles. The van der Waals surface area contributed by atoms with E-state index in [4.69, 9.17) is 4.74 Å². The molecule has 2 rings (SSSR count). The van der Waals surface area contributed by atoms with Crippen molar-refractivity contribution in [3.05, 3.63) is 63.7 Å². The van der Waals surface area contributed by atoms with E-state index in [0.717, 1.165) is 12.0 Å². The monoisotopic (exact) mass is 371 g/mol. The van der Waals surface area contributed by atoms with Gasteiger partial charge in [-0.3, -0.25) is 19.8 Å². The smallest absolute Gasteiger partial charge is 0.271 e. The van der Waals surface area contributed by atoms with Crippen LogP contribution in [-0.4, -0.2) is 35.9 Å². The summed E-state index contributed by atoms with van der Waals surface area (Å²) in [6.45, 7) is 4.51. The molecule has 27 heavy (non-hydrogen) atoms. The zero-order valence-corrected chi connectivity index (χ0v) is 16.1. The fourth-order valence-electron chi connectivity index (χ4n) is 2.65. The quantitative estimate of drug-likeness (QED) is 0.566. The molecule has 0 aliphatic carbocycles. The molecule has 2 aromatic carbocycles. The molecule has 0 fully saturated rings. The number of non-ortho nitro benzene ring substituents is 1. The zero-order valence-electron chi connectivity index (χ0n) is 16.1. The van der Waals surface area contributed by atoms with Crippen molar-refractivity contribution >= 4 is 17.3 Å². The van der Waals surface area contributed by atoms with Gasteiger partial charge in [-0.2, -0.15) is 0 Å². The first kappa shape index (κ1) is 20.4. The average Bonchev–Trinajstić information content (AvgIpc) is 2.67. The lowest BCUT2D eigenvalue weighted by atomic mass is 10.1. The van der Waals surface area contributed by atoms with Gasteiger partial charge in [-0.25, -0.2) is 0 Å². The minimum absolute atomic E-state index is 0.108. The molecule has 1 atom stereocenters. The standard InChI is InChI=1S/C20H25N3O4/c1-5-15-6-8-16(9-7-15)13-22(3)14(2)20(24)21-18-12-17(23(25)26)10-11-19(18)27-4/h6-12,14H,5,13H2,1-4H3,(H,21,24). The van der Waals surface area contributed by atoms with Crippen LogP contribution in [0.15, 0.2) is 42.5 Å². The Labute approximate surface area is 159 Å². The number of aryl methyl sites for hydroxylation is 1. The van der Waals surface area contributed by atoms with Crippen LogP contribution in [-0.2, 0) is 17.8 Å². The molecular weight excluding hydrogens is 346 g/mol. The van der Waals surface area contributed by atoms with Crippen molar-refractivity contribution in [3.8, 4) is 5.75 Å². The van der Waals surface area contributed by atoms with Crippen molar-refractivity contribution in [2.45, 2.75) is 32.9 Å². The van der Waals surface area contributed by atoms with Gasteiger partial charge in [0.1, 0.15) is 5.75 Å². The molecule has 7 heteroatoms. The number of rotatable bonds is 8. The highest BCUT2D eigenvalue weighted by Gasteiger charge is 2.21. The van der Waals surface area contributed by atoms with Crippen molar-refractivity contribution in [2.75, 3.05) is 19.5 Å². The van der Waals surface area contributed by atoms with Crippen LogP contribution in [0, 0.1) is 10.1 Å². The second-order valence-corrected chi connectivity index (χ2v) is 6.39. The summed E-state index contributed by atoms with van der Waals surface area (Å²) in [4.78, 5) is 25.0. The summed E-state index contributed by atoms with van der Waals surface area (Å²) >= 11 is 0. The normalized spacial score (nSPS) is 11.9. The van der Waals surface area contributed by atoms with E-state index < -0.39 is 11.0 Å². The first-order chi connectivity index (χ1) is 12.8. The maximum Gasteiger partial charge on any atom is 0.271 e. The summed E-state index contributed by atoms with van der Waals surface area (Å²) < 4.78 is 5.19. The summed E-state index contributed by atoms with van der Waals surface area (Å²) in [5.41, 5.74) is 2.56. The minimum Gasteiger partial charge on any atom is -0.495 e. The van der Waals surface area contributed by atoms with Crippen LogP contribution < -0.4 is 10.1 Å². The summed E-state index contributed by atoms with van der Waals surface area (Å²) in [6, 6.07) is 12.0. The maximum absolute atomic E-state index is 12.6. The van der Waals surface area contributed by atoms with Crippen molar-refractivity contribution < 1.29 is 14.5 Å². The number of carbonyl (C=O) groups excluding carboxylic acids is 1. The van der Waals surface area contributed by atoms with E-state index in [9.17, 15) is 14.9 Å². The van der Waals surface area contributed by atoms with Gasteiger partial charge >= 0.3 is 0 Å². The third kappa shape index (κ3) is 5.27. The maximum atomic E-state index is 12.6. The number of nitrogens with one attached hydrogen (secondary N) is 1. The van der Waals surface area contributed by atoms with Gasteiger partial charge in [0.15, 0.2) is 0 Å². The fourth-order valence-corrected chi connectivity index (χ4v) is 2.65. The fraction of sp³-hybridized carbons (Fsp3) is 0.350. The zero-order chi connectivity index (χ0) is 20.0. The van der Waals surface area contributed by atoms with Crippen LogP contribution in [0.4, 0.5) is 11.4 Å². The van der Waals surface area contributed by atoms with E-state index in [2.05, 4.69) is 36.5 Å². The third-order valence-corrected chi connectivity index (χ3v) is 4.56. The first-order valence-electron chi connectivity index (χ1n) is 8.77. The van der Waals surface area contributed by atoms with E-state index in [-0.39, 0.29) is 17.3 Å². The van der Waals surface area contributed by atoms with Crippen LogP contribution in [0.1, 0.15) is 25.0 Å². The number of nitro benzene ring substituents is 1. The lowest BCUT2D eigenvalue weighted by molar-refractivity contribution is -0.384. The Kier molecular flexibility index (Phi) is 6.90. The number of ether oxygens (including phenoxy) is 1. The molecular formula is C20H25N3O4. The Bertz CT molecular complexity index is 805. The van der Waals surface area contributed by atoms with E-state index in [0.29, 0.717) is 12.3 Å². The number of methoxy groups -OCH3 is 1. The Hall–Kier alpha value is -2.93. The van der Waals surface area contributed by atoms with Gasteiger partial charge in [0.05, 0.1) is 23.8 Å². The second-order valence-electron chi connectivity index (χ2n) is 6.39. The molecule has 0 aliphatic rings. The molecule has 0 radical (unpaired) electrons. The predicted molar refractivity (Wildman–Crippen MR) is 105 cm³/mol. The molecule has 0 saturated carbocycles. The second kappa shape index (κ2) is 9.14. The molecule has 2 aromatic rings. The third-order valence-electron chi connectivity index (χ3n) is 4.56. The molecule has 7 nitrogen and oxygen atoms in total. The number of likely N-dealkylation sites (N-methyl/N-ethyl adjacent to an activating group) is 1. The molecule has 0 bridgehead atoms. The van der Waals surface area contributed by atoms with Gasteiger partial charge in [0.2, 0.25) is 5.91 Å². The highest BCUT2D eigenvalue weighted by Crippen LogP contribution is 2.29.